The Bertz CT molecular complexity index is 551. The summed E-state index contributed by atoms with van der Waals surface area (Å²) in [4.78, 5) is 0. The number of nitrogens with zero attached hydrogens (tertiary/aromatic N) is 2. The molecule has 0 unspecified atom stereocenters. The largest absolute Gasteiger partial charge is 0.308 e. The highest BCUT2D eigenvalue weighted by Gasteiger charge is 2.04. The predicted molar refractivity (Wildman–Crippen MR) is 77.6 cm³/mol. The molecule has 18 heavy (non-hydrogen) atoms. The van der Waals surface area contributed by atoms with E-state index in [-0.39, 0.29) is 0 Å². The fourth-order valence-electron chi connectivity index (χ4n) is 1.83. The molecule has 1 N–H and O–H groups in total. The van der Waals surface area contributed by atoms with Crippen molar-refractivity contribution in [2.24, 2.45) is 7.05 Å². The molecule has 0 fully saturated rings. The van der Waals surface area contributed by atoms with E-state index in [9.17, 15) is 0 Å². The van der Waals surface area contributed by atoms with Crippen LogP contribution in [0.15, 0.2) is 28.9 Å². The van der Waals surface area contributed by atoms with E-state index in [1.165, 1.54) is 5.56 Å². The van der Waals surface area contributed by atoms with E-state index in [2.05, 4.69) is 26.3 Å². The van der Waals surface area contributed by atoms with Crippen LogP contribution in [0.5, 0.6) is 0 Å². The fourth-order valence-corrected chi connectivity index (χ4v) is 2.41. The summed E-state index contributed by atoms with van der Waals surface area (Å²) in [6, 6.07) is 5.81. The highest BCUT2D eigenvalue weighted by Crippen LogP contribution is 2.21. The van der Waals surface area contributed by atoms with Crippen LogP contribution in [0.25, 0.3) is 0 Å². The molecular formula is C13H15BrClN3. The monoisotopic (exact) mass is 327 g/mol. The average molecular weight is 329 g/mol. The Morgan fingerprint density at radius 2 is 2.06 bits per heavy atom. The smallest absolute Gasteiger partial charge is 0.0638 e. The zero-order valence-electron chi connectivity index (χ0n) is 10.4. The normalized spacial score (nSPS) is 10.9. The summed E-state index contributed by atoms with van der Waals surface area (Å²) in [5.41, 5.74) is 3.44. The van der Waals surface area contributed by atoms with Gasteiger partial charge in [0.05, 0.1) is 5.69 Å². The topological polar surface area (TPSA) is 29.9 Å². The number of hydrogen-bond donors (Lipinski definition) is 1. The summed E-state index contributed by atoms with van der Waals surface area (Å²) in [5, 5.41) is 8.47. The van der Waals surface area contributed by atoms with Crippen LogP contribution in [0.1, 0.15) is 16.8 Å². The number of aryl methyl sites for hydroxylation is 2. The van der Waals surface area contributed by atoms with E-state index in [1.807, 2.05) is 43.0 Å². The van der Waals surface area contributed by atoms with Crippen molar-refractivity contribution in [3.05, 3.63) is 50.7 Å². The summed E-state index contributed by atoms with van der Waals surface area (Å²) in [7, 11) is 1.93. The van der Waals surface area contributed by atoms with Crippen LogP contribution in [-0.2, 0) is 20.1 Å². The molecular weight excluding hydrogens is 314 g/mol. The number of nitrogens with one attached hydrogen (secondary N) is 1. The average Bonchev–Trinajstić information content (AvgIpc) is 2.62. The molecule has 0 saturated carbocycles. The lowest BCUT2D eigenvalue weighted by molar-refractivity contribution is 0.688. The lowest BCUT2D eigenvalue weighted by atomic mass is 10.2. The van der Waals surface area contributed by atoms with E-state index >= 15 is 0 Å². The van der Waals surface area contributed by atoms with E-state index in [0.29, 0.717) is 0 Å². The summed E-state index contributed by atoms with van der Waals surface area (Å²) in [6.07, 6.45) is 2.04. The molecule has 0 aliphatic carbocycles. The van der Waals surface area contributed by atoms with E-state index in [1.54, 1.807) is 0 Å². The summed E-state index contributed by atoms with van der Waals surface area (Å²) >= 11 is 9.50. The first kappa shape index (κ1) is 13.6. The van der Waals surface area contributed by atoms with Crippen molar-refractivity contribution in [2.75, 3.05) is 0 Å². The molecule has 2 rings (SSSR count). The second-order valence-electron chi connectivity index (χ2n) is 4.25. The van der Waals surface area contributed by atoms with Crippen molar-refractivity contribution in [3.8, 4) is 0 Å². The number of hydrogen-bond acceptors (Lipinski definition) is 2. The standard InChI is InChI=1S/C13H15BrClN3/c1-9-11(8-18(2)17-9)7-16-6-10-5-12(15)3-4-13(10)14/h3-5,8,16H,6-7H2,1-2H3. The van der Waals surface area contributed by atoms with Gasteiger partial charge in [0.15, 0.2) is 0 Å². The minimum absolute atomic E-state index is 0.757. The molecule has 2 aromatic rings. The Hall–Kier alpha value is -0.840. The van der Waals surface area contributed by atoms with Gasteiger partial charge in [-0.15, -0.1) is 0 Å². The van der Waals surface area contributed by atoms with Gasteiger partial charge in [0.2, 0.25) is 0 Å². The Labute approximate surface area is 120 Å². The molecule has 1 aromatic carbocycles. The Morgan fingerprint density at radius 1 is 1.33 bits per heavy atom. The number of aromatic nitrogens is 2. The first-order chi connectivity index (χ1) is 8.56. The number of halogens is 2. The third-order valence-electron chi connectivity index (χ3n) is 2.75. The fraction of sp³-hybridized carbons (Fsp3) is 0.308. The van der Waals surface area contributed by atoms with Crippen molar-refractivity contribution in [1.29, 1.82) is 0 Å². The predicted octanol–water partition coefficient (Wildman–Crippen LogP) is 3.43. The molecule has 1 heterocycles. The minimum Gasteiger partial charge on any atom is -0.308 e. The van der Waals surface area contributed by atoms with Crippen molar-refractivity contribution in [3.63, 3.8) is 0 Å². The molecule has 3 nitrogen and oxygen atoms in total. The number of benzene rings is 1. The molecule has 5 heteroatoms. The molecule has 0 spiro atoms. The van der Waals surface area contributed by atoms with Crippen LogP contribution in [0.2, 0.25) is 5.02 Å². The van der Waals surface area contributed by atoms with Crippen LogP contribution < -0.4 is 5.32 Å². The third kappa shape index (κ3) is 3.34. The van der Waals surface area contributed by atoms with Crippen molar-refractivity contribution in [2.45, 2.75) is 20.0 Å². The van der Waals surface area contributed by atoms with Gasteiger partial charge >= 0.3 is 0 Å². The molecule has 0 radical (unpaired) electrons. The van der Waals surface area contributed by atoms with E-state index in [4.69, 9.17) is 11.6 Å². The van der Waals surface area contributed by atoms with Gasteiger partial charge in [-0.1, -0.05) is 27.5 Å². The second-order valence-corrected chi connectivity index (χ2v) is 5.54. The van der Waals surface area contributed by atoms with Gasteiger partial charge in [-0.2, -0.15) is 5.10 Å². The Balaban J connectivity index is 1.96. The van der Waals surface area contributed by atoms with Gasteiger partial charge in [-0.05, 0) is 30.7 Å². The zero-order chi connectivity index (χ0) is 13.1. The van der Waals surface area contributed by atoms with Crippen LogP contribution in [0, 0.1) is 6.92 Å². The third-order valence-corrected chi connectivity index (χ3v) is 3.76. The van der Waals surface area contributed by atoms with Crippen molar-refractivity contribution < 1.29 is 0 Å². The maximum absolute atomic E-state index is 5.98. The van der Waals surface area contributed by atoms with Gasteiger partial charge in [0, 0.05) is 41.4 Å². The Morgan fingerprint density at radius 3 is 2.72 bits per heavy atom. The molecule has 0 amide bonds. The molecule has 1 aromatic heterocycles. The molecule has 0 bridgehead atoms. The summed E-state index contributed by atoms with van der Waals surface area (Å²) < 4.78 is 2.91. The van der Waals surface area contributed by atoms with Crippen LogP contribution in [0.4, 0.5) is 0 Å². The lowest BCUT2D eigenvalue weighted by Crippen LogP contribution is -2.13. The molecule has 0 atom stereocenters. The highest BCUT2D eigenvalue weighted by molar-refractivity contribution is 9.10. The number of rotatable bonds is 4. The van der Waals surface area contributed by atoms with Gasteiger partial charge in [-0.25, -0.2) is 0 Å². The Kier molecular flexibility index (Phi) is 4.43. The molecule has 0 aliphatic rings. The van der Waals surface area contributed by atoms with Crippen LogP contribution >= 0.6 is 27.5 Å². The lowest BCUT2D eigenvalue weighted by Gasteiger charge is -2.07. The maximum atomic E-state index is 5.98. The van der Waals surface area contributed by atoms with Gasteiger partial charge in [0.1, 0.15) is 0 Å². The summed E-state index contributed by atoms with van der Waals surface area (Å²) in [5.74, 6) is 0. The van der Waals surface area contributed by atoms with Crippen LogP contribution in [-0.4, -0.2) is 9.78 Å². The summed E-state index contributed by atoms with van der Waals surface area (Å²) in [6.45, 7) is 3.60. The minimum atomic E-state index is 0.757. The quantitative estimate of drug-likeness (QED) is 0.932. The van der Waals surface area contributed by atoms with Gasteiger partial charge < -0.3 is 5.32 Å². The van der Waals surface area contributed by atoms with E-state index in [0.717, 1.165) is 33.8 Å². The van der Waals surface area contributed by atoms with Crippen molar-refractivity contribution >= 4 is 27.5 Å². The van der Waals surface area contributed by atoms with E-state index < -0.39 is 0 Å². The van der Waals surface area contributed by atoms with Gasteiger partial charge in [-0.3, -0.25) is 4.68 Å². The van der Waals surface area contributed by atoms with Crippen molar-refractivity contribution in [1.82, 2.24) is 15.1 Å². The van der Waals surface area contributed by atoms with Gasteiger partial charge in [0.25, 0.3) is 0 Å². The first-order valence-corrected chi connectivity index (χ1v) is 6.87. The SMILES string of the molecule is Cc1nn(C)cc1CNCc1cc(Cl)ccc1Br. The zero-order valence-corrected chi connectivity index (χ0v) is 12.7. The molecule has 96 valence electrons. The second kappa shape index (κ2) is 5.87. The first-order valence-electron chi connectivity index (χ1n) is 5.70. The maximum Gasteiger partial charge on any atom is 0.0638 e. The highest BCUT2D eigenvalue weighted by atomic mass is 79.9. The molecule has 0 aliphatic heterocycles. The molecule has 0 saturated heterocycles. The van der Waals surface area contributed by atoms with Crippen LogP contribution in [0.3, 0.4) is 0 Å².